The van der Waals surface area contributed by atoms with Crippen LogP contribution >= 0.6 is 0 Å². The van der Waals surface area contributed by atoms with Crippen LogP contribution in [0.1, 0.15) is 17.7 Å². The van der Waals surface area contributed by atoms with Gasteiger partial charge in [-0.2, -0.15) is 4.68 Å². The van der Waals surface area contributed by atoms with Gasteiger partial charge in [-0.05, 0) is 19.3 Å². The lowest BCUT2D eigenvalue weighted by Gasteiger charge is -2.04. The molecule has 4 N–H and O–H groups in total. The third-order valence-electron chi connectivity index (χ3n) is 2.16. The molecule has 12 heavy (non-hydrogen) atoms. The second-order valence-electron chi connectivity index (χ2n) is 2.92. The van der Waals surface area contributed by atoms with E-state index in [4.69, 9.17) is 11.6 Å². The molecule has 0 bridgehead atoms. The average Bonchev–Trinajstić information content (AvgIpc) is 2.48. The summed E-state index contributed by atoms with van der Waals surface area (Å²) in [5.41, 5.74) is 6.77. The summed E-state index contributed by atoms with van der Waals surface area (Å²) in [6, 6.07) is 0. The van der Waals surface area contributed by atoms with E-state index in [1.807, 2.05) is 0 Å². The van der Waals surface area contributed by atoms with Crippen molar-refractivity contribution in [3.63, 3.8) is 0 Å². The molecule has 5 nitrogen and oxygen atoms in total. The Morgan fingerprint density at radius 2 is 2.17 bits per heavy atom. The second kappa shape index (κ2) is 2.23. The van der Waals surface area contributed by atoms with Crippen molar-refractivity contribution in [1.82, 2.24) is 9.66 Å². The normalized spacial score (nSPS) is 14.7. The summed E-state index contributed by atoms with van der Waals surface area (Å²) in [6.45, 7) is 0. The van der Waals surface area contributed by atoms with E-state index in [0.717, 1.165) is 35.2 Å². The average molecular weight is 166 g/mol. The lowest BCUT2D eigenvalue weighted by Crippen LogP contribution is -2.33. The number of anilines is 1. The first-order valence-corrected chi connectivity index (χ1v) is 3.85. The number of hydrogen-bond donors (Lipinski definition) is 2. The zero-order chi connectivity index (χ0) is 8.72. The van der Waals surface area contributed by atoms with Crippen molar-refractivity contribution >= 4 is 5.95 Å². The van der Waals surface area contributed by atoms with Crippen molar-refractivity contribution in [3.8, 4) is 0 Å². The molecule has 64 valence electrons. The molecule has 1 aromatic rings. The summed E-state index contributed by atoms with van der Waals surface area (Å²) in [6.07, 6.45) is 2.59. The molecule has 1 aliphatic rings. The number of nitrogens with two attached hydrogens (primary N) is 2. The molecule has 1 heterocycles. The summed E-state index contributed by atoms with van der Waals surface area (Å²) in [5.74, 6) is 5.47. The van der Waals surface area contributed by atoms with E-state index in [1.165, 1.54) is 0 Å². The Labute approximate surface area is 69.0 Å². The summed E-state index contributed by atoms with van der Waals surface area (Å²) in [4.78, 5) is 15.4. The summed E-state index contributed by atoms with van der Waals surface area (Å²) >= 11 is 0. The lowest BCUT2D eigenvalue weighted by molar-refractivity contribution is 0.875. The van der Waals surface area contributed by atoms with Gasteiger partial charge in [0.2, 0.25) is 5.95 Å². The SMILES string of the molecule is Nc1nc2c(c(=O)n1N)CCC2. The van der Waals surface area contributed by atoms with Crippen LogP contribution in [0.15, 0.2) is 4.79 Å². The first-order chi connectivity index (χ1) is 5.70. The second-order valence-corrected chi connectivity index (χ2v) is 2.92. The van der Waals surface area contributed by atoms with E-state index in [0.29, 0.717) is 0 Å². The Bertz CT molecular complexity index is 382. The highest BCUT2D eigenvalue weighted by Crippen LogP contribution is 2.16. The predicted octanol–water partition coefficient (Wildman–Crippen LogP) is -0.972. The molecule has 0 aromatic carbocycles. The molecule has 0 fully saturated rings. The zero-order valence-electron chi connectivity index (χ0n) is 6.58. The minimum Gasteiger partial charge on any atom is -0.368 e. The Morgan fingerprint density at radius 3 is 2.92 bits per heavy atom. The fourth-order valence-corrected chi connectivity index (χ4v) is 1.52. The monoisotopic (exact) mass is 166 g/mol. The largest absolute Gasteiger partial charge is 0.368 e. The highest BCUT2D eigenvalue weighted by Gasteiger charge is 2.18. The minimum absolute atomic E-state index is 0.0978. The van der Waals surface area contributed by atoms with Crippen LogP contribution in [0.3, 0.4) is 0 Å². The fourth-order valence-electron chi connectivity index (χ4n) is 1.52. The van der Waals surface area contributed by atoms with Crippen LogP contribution < -0.4 is 17.1 Å². The van der Waals surface area contributed by atoms with Crippen LogP contribution in [0.4, 0.5) is 5.95 Å². The van der Waals surface area contributed by atoms with Gasteiger partial charge in [-0.3, -0.25) is 4.79 Å². The number of aromatic nitrogens is 2. The van der Waals surface area contributed by atoms with Crippen LogP contribution in [0.2, 0.25) is 0 Å². The molecule has 0 amide bonds. The standard InChI is InChI=1S/C7H10N4O/c8-7-10-5-3-1-2-4(5)6(12)11(7)9/h1-3,9H2,(H2,8,10). The third-order valence-corrected chi connectivity index (χ3v) is 2.16. The molecule has 1 aromatic heterocycles. The highest BCUT2D eigenvalue weighted by atomic mass is 16.1. The number of fused-ring (bicyclic) bond motifs is 1. The molecule has 0 saturated carbocycles. The molecule has 1 aliphatic carbocycles. The molecule has 0 aliphatic heterocycles. The van der Waals surface area contributed by atoms with E-state index in [1.54, 1.807) is 0 Å². The van der Waals surface area contributed by atoms with Crippen LogP contribution in [0.25, 0.3) is 0 Å². The molecule has 0 saturated heterocycles. The van der Waals surface area contributed by atoms with E-state index >= 15 is 0 Å². The summed E-state index contributed by atoms with van der Waals surface area (Å²) < 4.78 is 0.907. The van der Waals surface area contributed by atoms with Gasteiger partial charge in [-0.25, -0.2) is 4.98 Å². The van der Waals surface area contributed by atoms with Crippen LogP contribution in [0, 0.1) is 0 Å². The molecule has 2 rings (SSSR count). The van der Waals surface area contributed by atoms with Gasteiger partial charge in [-0.15, -0.1) is 0 Å². The Balaban J connectivity index is 2.76. The smallest absolute Gasteiger partial charge is 0.276 e. The van der Waals surface area contributed by atoms with E-state index in [9.17, 15) is 4.79 Å². The first-order valence-electron chi connectivity index (χ1n) is 3.85. The van der Waals surface area contributed by atoms with Crippen molar-refractivity contribution in [3.05, 3.63) is 21.6 Å². The van der Waals surface area contributed by atoms with Gasteiger partial charge in [-0.1, -0.05) is 0 Å². The maximum absolute atomic E-state index is 11.4. The first kappa shape index (κ1) is 7.15. The fraction of sp³-hybridized carbons (Fsp3) is 0.429. The van der Waals surface area contributed by atoms with Gasteiger partial charge in [0.15, 0.2) is 0 Å². The van der Waals surface area contributed by atoms with E-state index < -0.39 is 0 Å². The molecule has 0 atom stereocenters. The maximum atomic E-state index is 11.4. The third kappa shape index (κ3) is 0.792. The van der Waals surface area contributed by atoms with Gasteiger partial charge < -0.3 is 11.6 Å². The molecule has 0 unspecified atom stereocenters. The molecule has 0 radical (unpaired) electrons. The van der Waals surface area contributed by atoms with Crippen molar-refractivity contribution in [1.29, 1.82) is 0 Å². The minimum atomic E-state index is -0.199. The predicted molar refractivity (Wildman–Crippen MR) is 45.1 cm³/mol. The summed E-state index contributed by atoms with van der Waals surface area (Å²) in [5, 5.41) is 0. The van der Waals surface area contributed by atoms with E-state index in [-0.39, 0.29) is 11.5 Å². The Morgan fingerprint density at radius 1 is 1.42 bits per heavy atom. The number of aryl methyl sites for hydroxylation is 1. The molecular weight excluding hydrogens is 156 g/mol. The van der Waals surface area contributed by atoms with Gasteiger partial charge in [0.05, 0.1) is 5.69 Å². The molecule has 0 spiro atoms. The van der Waals surface area contributed by atoms with Gasteiger partial charge >= 0.3 is 0 Å². The van der Waals surface area contributed by atoms with E-state index in [2.05, 4.69) is 4.98 Å². The maximum Gasteiger partial charge on any atom is 0.276 e. The van der Waals surface area contributed by atoms with Crippen molar-refractivity contribution < 1.29 is 0 Å². The molecular formula is C7H10N4O. The van der Waals surface area contributed by atoms with Gasteiger partial charge in [0.1, 0.15) is 0 Å². The Kier molecular flexibility index (Phi) is 1.33. The Hall–Kier alpha value is -1.52. The lowest BCUT2D eigenvalue weighted by atomic mass is 10.3. The number of nitrogen functional groups attached to an aromatic ring is 2. The summed E-state index contributed by atoms with van der Waals surface area (Å²) in [7, 11) is 0. The number of nitrogens with zero attached hydrogens (tertiary/aromatic N) is 2. The van der Waals surface area contributed by atoms with Crippen molar-refractivity contribution in [2.45, 2.75) is 19.3 Å². The van der Waals surface area contributed by atoms with Crippen molar-refractivity contribution in [2.75, 3.05) is 11.6 Å². The highest BCUT2D eigenvalue weighted by molar-refractivity contribution is 5.30. The number of hydrogen-bond acceptors (Lipinski definition) is 4. The quantitative estimate of drug-likeness (QED) is 0.485. The van der Waals surface area contributed by atoms with Gasteiger partial charge in [0, 0.05) is 5.56 Å². The van der Waals surface area contributed by atoms with Crippen LogP contribution in [0.5, 0.6) is 0 Å². The van der Waals surface area contributed by atoms with Crippen LogP contribution in [-0.4, -0.2) is 9.66 Å². The van der Waals surface area contributed by atoms with Crippen molar-refractivity contribution in [2.24, 2.45) is 0 Å². The van der Waals surface area contributed by atoms with Crippen LogP contribution in [-0.2, 0) is 12.8 Å². The zero-order valence-corrected chi connectivity index (χ0v) is 6.58. The number of rotatable bonds is 0. The van der Waals surface area contributed by atoms with Gasteiger partial charge in [0.25, 0.3) is 5.56 Å². The molecule has 5 heteroatoms. The topological polar surface area (TPSA) is 86.9 Å².